The maximum absolute atomic E-state index is 14.5. The fraction of sp³-hybridized carbons (Fsp3) is 0.0476. The predicted octanol–water partition coefficient (Wildman–Crippen LogP) is 6.64. The zero-order chi connectivity index (χ0) is 21.4. The molecule has 0 spiro atoms. The van der Waals surface area contributed by atoms with Crippen molar-refractivity contribution in [3.63, 3.8) is 0 Å². The Bertz CT molecular complexity index is 1270. The van der Waals surface area contributed by atoms with E-state index in [9.17, 15) is 13.6 Å². The van der Waals surface area contributed by atoms with Gasteiger partial charge in [0.25, 0.3) is 5.91 Å². The van der Waals surface area contributed by atoms with Crippen molar-refractivity contribution in [2.24, 2.45) is 0 Å². The van der Waals surface area contributed by atoms with Crippen molar-refractivity contribution in [2.45, 2.75) is 6.42 Å². The Hall–Kier alpha value is -2.67. The summed E-state index contributed by atoms with van der Waals surface area (Å²) in [5, 5.41) is 3.34. The van der Waals surface area contributed by atoms with Gasteiger partial charge in [0.15, 0.2) is 0 Å². The van der Waals surface area contributed by atoms with Crippen LogP contribution in [0.15, 0.2) is 48.5 Å². The van der Waals surface area contributed by atoms with Crippen LogP contribution in [0.25, 0.3) is 11.0 Å². The molecule has 3 aromatic carbocycles. The number of imidazole rings is 1. The summed E-state index contributed by atoms with van der Waals surface area (Å²) in [5.74, 6) is -1.67. The summed E-state index contributed by atoms with van der Waals surface area (Å²) in [5.41, 5.74) is 1.41. The highest BCUT2D eigenvalue weighted by atomic mass is 35.5. The molecule has 1 aromatic heterocycles. The number of benzene rings is 3. The number of hydrogen-bond acceptors (Lipinski definition) is 2. The van der Waals surface area contributed by atoms with E-state index in [1.807, 2.05) is 0 Å². The van der Waals surface area contributed by atoms with Gasteiger partial charge in [-0.15, -0.1) is 0 Å². The molecule has 152 valence electrons. The molecule has 1 heterocycles. The topological polar surface area (TPSA) is 57.8 Å². The molecule has 0 unspecified atom stereocenters. The van der Waals surface area contributed by atoms with E-state index >= 15 is 0 Å². The van der Waals surface area contributed by atoms with Gasteiger partial charge in [0.1, 0.15) is 17.5 Å². The lowest BCUT2D eigenvalue weighted by molar-refractivity contribution is 0.102. The Morgan fingerprint density at radius 1 is 0.967 bits per heavy atom. The van der Waals surface area contributed by atoms with Crippen LogP contribution in [0, 0.1) is 11.6 Å². The third kappa shape index (κ3) is 4.12. The van der Waals surface area contributed by atoms with E-state index in [4.69, 9.17) is 34.8 Å². The van der Waals surface area contributed by atoms with Gasteiger partial charge in [-0.05, 0) is 42.0 Å². The molecule has 0 bridgehead atoms. The van der Waals surface area contributed by atoms with Crippen molar-refractivity contribution < 1.29 is 13.6 Å². The molecule has 4 rings (SSSR count). The number of carbonyl (C=O) groups excluding carboxylic acids is 1. The molecule has 1 amide bonds. The third-order valence-corrected chi connectivity index (χ3v) is 5.46. The molecule has 0 aliphatic carbocycles. The van der Waals surface area contributed by atoms with Crippen molar-refractivity contribution in [1.82, 2.24) is 9.97 Å². The molecule has 0 saturated carbocycles. The molecular formula is C21H12Cl3F2N3O. The predicted molar refractivity (Wildman–Crippen MR) is 115 cm³/mol. The van der Waals surface area contributed by atoms with Crippen molar-refractivity contribution in [2.75, 3.05) is 5.32 Å². The third-order valence-electron chi connectivity index (χ3n) is 4.45. The number of rotatable bonds is 4. The minimum absolute atomic E-state index is 0.0803. The number of aromatic amines is 1. The van der Waals surface area contributed by atoms with Crippen LogP contribution >= 0.6 is 34.8 Å². The van der Waals surface area contributed by atoms with Gasteiger partial charge >= 0.3 is 0 Å². The van der Waals surface area contributed by atoms with Gasteiger partial charge in [-0.3, -0.25) is 4.79 Å². The van der Waals surface area contributed by atoms with Crippen LogP contribution in [-0.2, 0) is 6.42 Å². The summed E-state index contributed by atoms with van der Waals surface area (Å²) in [6.45, 7) is 0. The number of nitrogens with one attached hydrogen (secondary N) is 2. The van der Waals surface area contributed by atoms with Gasteiger partial charge in [0.2, 0.25) is 0 Å². The highest BCUT2D eigenvalue weighted by Gasteiger charge is 2.17. The minimum Gasteiger partial charge on any atom is -0.342 e. The Balaban J connectivity index is 1.63. The van der Waals surface area contributed by atoms with Crippen molar-refractivity contribution in [1.29, 1.82) is 0 Å². The van der Waals surface area contributed by atoms with E-state index in [0.717, 1.165) is 6.07 Å². The zero-order valence-electron chi connectivity index (χ0n) is 15.1. The number of amides is 1. The van der Waals surface area contributed by atoms with Crippen LogP contribution < -0.4 is 5.32 Å². The maximum atomic E-state index is 14.5. The van der Waals surface area contributed by atoms with Crippen LogP contribution in [-0.4, -0.2) is 15.9 Å². The molecule has 4 aromatic rings. The molecule has 4 nitrogen and oxygen atoms in total. The first kappa shape index (κ1) is 20.6. The first-order valence-corrected chi connectivity index (χ1v) is 9.82. The summed E-state index contributed by atoms with van der Waals surface area (Å²) in [6, 6.07) is 11.4. The van der Waals surface area contributed by atoms with Gasteiger partial charge in [-0.25, -0.2) is 13.8 Å². The SMILES string of the molecule is O=C(Nc1ccc(Cl)c(F)c1)c1cc2nc(Cc3c(Cl)cccc3Cl)[nH]c2cc1F. The largest absolute Gasteiger partial charge is 0.342 e. The lowest BCUT2D eigenvalue weighted by Crippen LogP contribution is -2.14. The smallest absolute Gasteiger partial charge is 0.258 e. The highest BCUT2D eigenvalue weighted by molar-refractivity contribution is 6.36. The first-order valence-electron chi connectivity index (χ1n) is 8.69. The van der Waals surface area contributed by atoms with Gasteiger partial charge in [0.05, 0.1) is 21.6 Å². The molecule has 0 aliphatic heterocycles. The Labute approximate surface area is 184 Å². The number of fused-ring (bicyclic) bond motifs is 1. The maximum Gasteiger partial charge on any atom is 0.258 e. The quantitative estimate of drug-likeness (QED) is 0.354. The van der Waals surface area contributed by atoms with Crippen LogP contribution in [0.4, 0.5) is 14.5 Å². The molecule has 0 saturated heterocycles. The van der Waals surface area contributed by atoms with Gasteiger partial charge < -0.3 is 10.3 Å². The molecular weight excluding hydrogens is 455 g/mol. The average molecular weight is 467 g/mol. The fourth-order valence-corrected chi connectivity index (χ4v) is 3.63. The zero-order valence-corrected chi connectivity index (χ0v) is 17.3. The molecule has 2 N–H and O–H groups in total. The molecule has 0 atom stereocenters. The molecule has 9 heteroatoms. The number of carbonyl (C=O) groups is 1. The van der Waals surface area contributed by atoms with E-state index in [2.05, 4.69) is 15.3 Å². The van der Waals surface area contributed by atoms with Crippen molar-refractivity contribution in [3.05, 3.63) is 92.2 Å². The Morgan fingerprint density at radius 2 is 1.70 bits per heavy atom. The van der Waals surface area contributed by atoms with Gasteiger partial charge in [-0.2, -0.15) is 0 Å². The van der Waals surface area contributed by atoms with E-state index in [1.54, 1.807) is 18.2 Å². The lowest BCUT2D eigenvalue weighted by atomic mass is 10.1. The van der Waals surface area contributed by atoms with Gasteiger partial charge in [0, 0.05) is 28.2 Å². The lowest BCUT2D eigenvalue weighted by Gasteiger charge is -2.07. The molecule has 0 fully saturated rings. The van der Waals surface area contributed by atoms with Gasteiger partial charge in [-0.1, -0.05) is 40.9 Å². The first-order chi connectivity index (χ1) is 14.3. The second-order valence-corrected chi connectivity index (χ2v) is 7.71. The molecule has 30 heavy (non-hydrogen) atoms. The van der Waals surface area contributed by atoms with E-state index in [0.29, 0.717) is 38.9 Å². The van der Waals surface area contributed by atoms with Crippen molar-refractivity contribution >= 4 is 57.4 Å². The summed E-state index contributed by atoms with van der Waals surface area (Å²) in [7, 11) is 0. The normalized spacial score (nSPS) is 11.1. The molecule has 0 aliphatic rings. The van der Waals surface area contributed by atoms with E-state index in [-0.39, 0.29) is 16.3 Å². The summed E-state index contributed by atoms with van der Waals surface area (Å²) >= 11 is 18.0. The van der Waals surface area contributed by atoms with Crippen LogP contribution in [0.2, 0.25) is 15.1 Å². The number of anilines is 1. The minimum atomic E-state index is -0.750. The number of nitrogens with zero attached hydrogens (tertiary/aromatic N) is 1. The summed E-state index contributed by atoms with van der Waals surface area (Å²) in [6.07, 6.45) is 0.306. The van der Waals surface area contributed by atoms with Crippen LogP contribution in [0.5, 0.6) is 0 Å². The van der Waals surface area contributed by atoms with Crippen LogP contribution in [0.1, 0.15) is 21.7 Å². The summed E-state index contributed by atoms with van der Waals surface area (Å²) < 4.78 is 28.1. The molecule has 0 radical (unpaired) electrons. The van der Waals surface area contributed by atoms with E-state index in [1.165, 1.54) is 24.3 Å². The second-order valence-electron chi connectivity index (χ2n) is 6.49. The number of aromatic nitrogens is 2. The number of hydrogen-bond donors (Lipinski definition) is 2. The standard InChI is InChI=1S/C21H12Cl3F2N3O/c22-13-2-1-3-14(23)11(13)8-20-28-18-7-12(16(25)9-19(18)29-20)21(30)27-10-4-5-15(24)17(26)6-10/h1-7,9H,8H2,(H,27,30)(H,28,29). The second kappa shape index (κ2) is 8.22. The fourth-order valence-electron chi connectivity index (χ4n) is 2.98. The Kier molecular flexibility index (Phi) is 5.64. The number of H-pyrrole nitrogens is 1. The van der Waals surface area contributed by atoms with E-state index < -0.39 is 17.5 Å². The summed E-state index contributed by atoms with van der Waals surface area (Å²) in [4.78, 5) is 19.9. The Morgan fingerprint density at radius 3 is 2.40 bits per heavy atom. The monoisotopic (exact) mass is 465 g/mol. The average Bonchev–Trinajstić information content (AvgIpc) is 3.08. The highest BCUT2D eigenvalue weighted by Crippen LogP contribution is 2.27. The number of halogens is 5. The van der Waals surface area contributed by atoms with Crippen LogP contribution in [0.3, 0.4) is 0 Å². The van der Waals surface area contributed by atoms with Crippen molar-refractivity contribution in [3.8, 4) is 0 Å².